The summed E-state index contributed by atoms with van der Waals surface area (Å²) in [5.41, 5.74) is -1.12. The van der Waals surface area contributed by atoms with E-state index in [1.165, 1.54) is 12.1 Å². The summed E-state index contributed by atoms with van der Waals surface area (Å²) in [5.74, 6) is -0.644. The molecule has 0 N–H and O–H groups in total. The molecule has 0 aliphatic heterocycles. The van der Waals surface area contributed by atoms with Gasteiger partial charge in [0, 0.05) is 16.1 Å². The molecule has 2 rings (SSSR count). The zero-order chi connectivity index (χ0) is 17.7. The first-order valence-electron chi connectivity index (χ1n) is 6.74. The zero-order valence-corrected chi connectivity index (χ0v) is 12.2. The van der Waals surface area contributed by atoms with Crippen molar-refractivity contribution in [3.63, 3.8) is 0 Å². The van der Waals surface area contributed by atoms with Crippen LogP contribution in [0.1, 0.15) is 21.5 Å². The predicted molar refractivity (Wildman–Crippen MR) is 81.3 cm³/mol. The van der Waals surface area contributed by atoms with Gasteiger partial charge >= 0.3 is 6.18 Å². The molecule has 0 atom stereocenters. The van der Waals surface area contributed by atoms with Crippen LogP contribution in [0.3, 0.4) is 0 Å². The van der Waals surface area contributed by atoms with E-state index < -0.39 is 29.0 Å². The van der Waals surface area contributed by atoms with E-state index >= 15 is 0 Å². The van der Waals surface area contributed by atoms with Crippen LogP contribution in [0.15, 0.2) is 53.5 Å². The van der Waals surface area contributed by atoms with Gasteiger partial charge in [0.25, 0.3) is 0 Å². The van der Waals surface area contributed by atoms with Gasteiger partial charge in [-0.3, -0.25) is 19.9 Å². The standard InChI is InChI=1S/C16H11F3N2O3/c17-16(18,19)12-6-7-14(20-8-9-21(23)24)13(10-12)15(22)11-4-2-1-3-5-11/h1-8,10H,9H2. The molecule has 8 heteroatoms. The topological polar surface area (TPSA) is 72.6 Å². The summed E-state index contributed by atoms with van der Waals surface area (Å²) in [7, 11) is 0. The van der Waals surface area contributed by atoms with Crippen molar-refractivity contribution in [1.82, 2.24) is 0 Å². The zero-order valence-electron chi connectivity index (χ0n) is 12.2. The second-order valence-electron chi connectivity index (χ2n) is 4.75. The highest BCUT2D eigenvalue weighted by atomic mass is 19.4. The summed E-state index contributed by atoms with van der Waals surface area (Å²) in [4.78, 5) is 25.9. The number of aliphatic imine (C=N–C) groups is 1. The second kappa shape index (κ2) is 7.03. The normalized spacial score (nSPS) is 11.6. The van der Waals surface area contributed by atoms with E-state index in [2.05, 4.69) is 4.99 Å². The molecule has 0 heterocycles. The molecular formula is C16H11F3N2O3. The number of carbonyl (C=O) groups excluding carboxylic acids is 1. The van der Waals surface area contributed by atoms with Crippen LogP contribution >= 0.6 is 0 Å². The average molecular weight is 336 g/mol. The molecule has 0 aliphatic rings. The Morgan fingerprint density at radius 3 is 2.42 bits per heavy atom. The fourth-order valence-electron chi connectivity index (χ4n) is 1.96. The number of hydrogen-bond acceptors (Lipinski definition) is 4. The molecule has 124 valence electrons. The Labute approximate surface area is 134 Å². The van der Waals surface area contributed by atoms with Crippen molar-refractivity contribution in [3.05, 3.63) is 75.3 Å². The van der Waals surface area contributed by atoms with Crippen molar-refractivity contribution in [1.29, 1.82) is 0 Å². The van der Waals surface area contributed by atoms with Crippen LogP contribution in [0.25, 0.3) is 0 Å². The third-order valence-corrected chi connectivity index (χ3v) is 3.07. The first-order chi connectivity index (χ1) is 11.3. The first kappa shape index (κ1) is 17.3. The fraction of sp³-hybridized carbons (Fsp3) is 0.125. The van der Waals surface area contributed by atoms with Crippen LogP contribution in [0.2, 0.25) is 0 Å². The van der Waals surface area contributed by atoms with Crippen LogP contribution in [-0.2, 0) is 6.18 Å². The molecule has 0 amide bonds. The molecule has 5 nitrogen and oxygen atoms in total. The quantitative estimate of drug-likeness (QED) is 0.359. The van der Waals surface area contributed by atoms with Crippen molar-refractivity contribution < 1.29 is 22.9 Å². The van der Waals surface area contributed by atoms with E-state index in [0.717, 1.165) is 18.3 Å². The highest BCUT2D eigenvalue weighted by molar-refractivity contribution is 6.12. The smallest absolute Gasteiger partial charge is 0.289 e. The Bertz CT molecular complexity index is 787. The molecule has 0 unspecified atom stereocenters. The van der Waals surface area contributed by atoms with Crippen molar-refractivity contribution in [3.8, 4) is 0 Å². The average Bonchev–Trinajstić information content (AvgIpc) is 2.54. The molecule has 0 fully saturated rings. The third kappa shape index (κ3) is 4.25. The van der Waals surface area contributed by atoms with E-state index in [4.69, 9.17) is 0 Å². The molecule has 0 radical (unpaired) electrons. The number of nitrogens with zero attached hydrogens (tertiary/aromatic N) is 2. The van der Waals surface area contributed by atoms with Crippen molar-refractivity contribution >= 4 is 17.7 Å². The van der Waals surface area contributed by atoms with Crippen molar-refractivity contribution in [2.45, 2.75) is 6.18 Å². The lowest BCUT2D eigenvalue weighted by Crippen LogP contribution is -2.09. The van der Waals surface area contributed by atoms with Crippen LogP contribution in [0, 0.1) is 10.1 Å². The molecule has 24 heavy (non-hydrogen) atoms. The lowest BCUT2D eigenvalue weighted by atomic mass is 9.99. The van der Waals surface area contributed by atoms with Gasteiger partial charge in [-0.05, 0) is 18.2 Å². The molecule has 0 bridgehead atoms. The number of nitro groups is 1. The highest BCUT2D eigenvalue weighted by Gasteiger charge is 2.31. The first-order valence-corrected chi connectivity index (χ1v) is 6.74. The minimum atomic E-state index is -4.62. The maximum Gasteiger partial charge on any atom is 0.416 e. The Balaban J connectivity index is 2.49. The van der Waals surface area contributed by atoms with Gasteiger partial charge in [0.05, 0.1) is 17.5 Å². The molecule has 2 aromatic rings. The molecule has 2 aromatic carbocycles. The highest BCUT2D eigenvalue weighted by Crippen LogP contribution is 2.33. The fourth-order valence-corrected chi connectivity index (χ4v) is 1.96. The second-order valence-corrected chi connectivity index (χ2v) is 4.75. The summed E-state index contributed by atoms with van der Waals surface area (Å²) in [5, 5.41) is 10.3. The van der Waals surface area contributed by atoms with Gasteiger partial charge in [0.2, 0.25) is 6.54 Å². The predicted octanol–water partition coefficient (Wildman–Crippen LogP) is 3.92. The minimum Gasteiger partial charge on any atom is -0.289 e. The van der Waals surface area contributed by atoms with Gasteiger partial charge in [0.15, 0.2) is 5.78 Å². The van der Waals surface area contributed by atoms with Gasteiger partial charge < -0.3 is 0 Å². The lowest BCUT2D eigenvalue weighted by molar-refractivity contribution is -0.462. The van der Waals surface area contributed by atoms with Gasteiger partial charge in [0.1, 0.15) is 0 Å². The summed E-state index contributed by atoms with van der Waals surface area (Å²) in [6.45, 7) is -0.597. The van der Waals surface area contributed by atoms with Crippen LogP contribution in [0.5, 0.6) is 0 Å². The van der Waals surface area contributed by atoms with Gasteiger partial charge in [-0.15, -0.1) is 0 Å². The molecule has 0 aromatic heterocycles. The van der Waals surface area contributed by atoms with Crippen molar-refractivity contribution in [2.75, 3.05) is 6.54 Å². The minimum absolute atomic E-state index is 0.0568. The SMILES string of the molecule is O=C(c1ccccc1)c1cc(C(F)(F)F)ccc1N=CC[N+](=O)[O-]. The van der Waals surface area contributed by atoms with E-state index in [0.29, 0.717) is 6.07 Å². The monoisotopic (exact) mass is 336 g/mol. The summed E-state index contributed by atoms with van der Waals surface area (Å²) in [6.07, 6.45) is -3.68. The number of rotatable bonds is 5. The van der Waals surface area contributed by atoms with E-state index in [-0.39, 0.29) is 16.8 Å². The van der Waals surface area contributed by atoms with E-state index in [1.807, 2.05) is 0 Å². The molecule has 0 spiro atoms. The largest absolute Gasteiger partial charge is 0.416 e. The van der Waals surface area contributed by atoms with E-state index in [9.17, 15) is 28.1 Å². The maximum atomic E-state index is 12.9. The Morgan fingerprint density at radius 1 is 1.17 bits per heavy atom. The number of ketones is 1. The number of hydrogen-bond donors (Lipinski definition) is 0. The van der Waals surface area contributed by atoms with Gasteiger partial charge in [-0.2, -0.15) is 13.2 Å². The Morgan fingerprint density at radius 2 is 1.83 bits per heavy atom. The van der Waals surface area contributed by atoms with Crippen LogP contribution in [0.4, 0.5) is 18.9 Å². The van der Waals surface area contributed by atoms with Gasteiger partial charge in [-0.25, -0.2) is 0 Å². The maximum absolute atomic E-state index is 12.9. The number of carbonyl (C=O) groups is 1. The van der Waals surface area contributed by atoms with Crippen molar-refractivity contribution in [2.24, 2.45) is 4.99 Å². The number of alkyl halides is 3. The van der Waals surface area contributed by atoms with Gasteiger partial charge in [-0.1, -0.05) is 30.3 Å². The Hall–Kier alpha value is -3.03. The number of halogens is 3. The number of benzene rings is 2. The third-order valence-electron chi connectivity index (χ3n) is 3.07. The summed E-state index contributed by atoms with van der Waals surface area (Å²) in [6, 6.07) is 10.3. The molecular weight excluding hydrogens is 325 g/mol. The summed E-state index contributed by atoms with van der Waals surface area (Å²) < 4.78 is 38.7. The van der Waals surface area contributed by atoms with Crippen LogP contribution in [-0.4, -0.2) is 23.5 Å². The lowest BCUT2D eigenvalue weighted by Gasteiger charge is -2.10. The molecule has 0 saturated carbocycles. The summed E-state index contributed by atoms with van der Waals surface area (Å²) >= 11 is 0. The molecule has 0 saturated heterocycles. The Kier molecular flexibility index (Phi) is 5.08. The molecule has 0 aliphatic carbocycles. The van der Waals surface area contributed by atoms with Crippen LogP contribution < -0.4 is 0 Å². The van der Waals surface area contributed by atoms with E-state index in [1.54, 1.807) is 18.2 Å².